The van der Waals surface area contributed by atoms with Crippen LogP contribution in [-0.2, 0) is 0 Å². The van der Waals surface area contributed by atoms with Gasteiger partial charge in [0.1, 0.15) is 5.84 Å². The van der Waals surface area contributed by atoms with Gasteiger partial charge in [-0.15, -0.1) is 5.73 Å². The minimum atomic E-state index is 0.869. The van der Waals surface area contributed by atoms with Crippen LogP contribution in [0.3, 0.4) is 0 Å². The molecule has 12 aromatic rings. The predicted molar refractivity (Wildman–Crippen MR) is 247 cm³/mol. The Morgan fingerprint density at radius 3 is 2.02 bits per heavy atom. The third-order valence-electron chi connectivity index (χ3n) is 12.2. The van der Waals surface area contributed by atoms with Gasteiger partial charge in [-0.1, -0.05) is 146 Å². The van der Waals surface area contributed by atoms with Crippen molar-refractivity contribution in [1.29, 1.82) is 0 Å². The molecule has 0 N–H and O–H groups in total. The van der Waals surface area contributed by atoms with Crippen molar-refractivity contribution in [2.24, 2.45) is 4.99 Å². The molecule has 0 bridgehead atoms. The summed E-state index contributed by atoms with van der Waals surface area (Å²) in [6.45, 7) is 6.34. The number of aromatic nitrogens is 2. The van der Waals surface area contributed by atoms with Gasteiger partial charge in [0.05, 0.1) is 33.3 Å². The van der Waals surface area contributed by atoms with E-state index in [1.807, 2.05) is 0 Å². The number of hydrogen-bond acceptors (Lipinski definition) is 1. The first-order valence-corrected chi connectivity index (χ1v) is 19.8. The van der Waals surface area contributed by atoms with Crippen molar-refractivity contribution in [3.05, 3.63) is 205 Å². The average molecular weight is 738 g/mol. The van der Waals surface area contributed by atoms with Crippen molar-refractivity contribution in [2.45, 2.75) is 6.92 Å². The summed E-state index contributed by atoms with van der Waals surface area (Å²) in [7, 11) is 0. The fourth-order valence-electron chi connectivity index (χ4n) is 9.70. The van der Waals surface area contributed by atoms with Crippen LogP contribution in [0.1, 0.15) is 18.1 Å². The van der Waals surface area contributed by atoms with E-state index in [-0.39, 0.29) is 0 Å². The molecule has 0 saturated heterocycles. The second-order valence-electron chi connectivity index (χ2n) is 15.3. The van der Waals surface area contributed by atoms with Crippen LogP contribution in [0.2, 0.25) is 0 Å². The molecule has 12 rings (SSSR count). The lowest BCUT2D eigenvalue weighted by atomic mass is 9.93. The first-order valence-electron chi connectivity index (χ1n) is 19.8. The highest BCUT2D eigenvalue weighted by Gasteiger charge is 2.24. The van der Waals surface area contributed by atoms with E-state index in [1.165, 1.54) is 81.5 Å². The molecule has 0 aliphatic rings. The van der Waals surface area contributed by atoms with E-state index < -0.39 is 0 Å². The number of benzene rings is 9. The summed E-state index contributed by atoms with van der Waals surface area (Å²) in [5, 5.41) is 12.4. The number of hydrogen-bond donors (Lipinski definition) is 0. The monoisotopic (exact) mass is 737 g/mol. The molecule has 0 atom stereocenters. The van der Waals surface area contributed by atoms with Gasteiger partial charge in [0.2, 0.25) is 0 Å². The van der Waals surface area contributed by atoms with E-state index in [0.717, 1.165) is 39.3 Å². The molecular weight excluding hydrogens is 703 g/mol. The topological polar surface area (TPSA) is 21.7 Å². The van der Waals surface area contributed by atoms with E-state index in [2.05, 4.69) is 210 Å². The van der Waals surface area contributed by atoms with Gasteiger partial charge < -0.3 is 4.40 Å². The zero-order valence-electron chi connectivity index (χ0n) is 31.9. The number of nitrogens with zero attached hydrogens (tertiary/aromatic N) is 3. The Hall–Kier alpha value is -7.71. The van der Waals surface area contributed by atoms with Crippen molar-refractivity contribution in [1.82, 2.24) is 8.97 Å². The Balaban J connectivity index is 1.12. The van der Waals surface area contributed by atoms with Crippen LogP contribution in [0, 0.1) is 0 Å². The summed E-state index contributed by atoms with van der Waals surface area (Å²) >= 11 is 0. The molecule has 0 amide bonds. The lowest BCUT2D eigenvalue weighted by Crippen LogP contribution is -2.07. The van der Waals surface area contributed by atoms with Crippen LogP contribution in [-0.4, -0.2) is 14.8 Å². The van der Waals surface area contributed by atoms with Gasteiger partial charge in [0, 0.05) is 43.5 Å². The zero-order valence-corrected chi connectivity index (χ0v) is 31.9. The second-order valence-corrected chi connectivity index (χ2v) is 15.3. The zero-order chi connectivity index (χ0) is 38.5. The van der Waals surface area contributed by atoms with Gasteiger partial charge in [-0.05, 0) is 87.6 Å². The summed E-state index contributed by atoms with van der Waals surface area (Å²) < 4.78 is 4.84. The molecular formula is C55H35N3. The first-order chi connectivity index (χ1) is 28.7. The molecule has 0 unspecified atom stereocenters. The summed E-state index contributed by atoms with van der Waals surface area (Å²) in [5.41, 5.74) is 15.5. The first kappa shape index (κ1) is 32.5. The Bertz CT molecular complexity index is 3740. The van der Waals surface area contributed by atoms with Crippen molar-refractivity contribution < 1.29 is 0 Å². The SMILES string of the molecule is C=C=C(c1ccc2c(ccc3ccccc32)c1)c1ccccc1N=C(C)n1c2ccc(-c3ccccc3)cc2c2c3c4ccccc4n4c5ccccc5c(cc21)c34. The van der Waals surface area contributed by atoms with Crippen molar-refractivity contribution in [3.8, 4) is 11.1 Å². The summed E-state index contributed by atoms with van der Waals surface area (Å²) in [4.78, 5) is 5.51. The number of rotatable bonds is 4. The van der Waals surface area contributed by atoms with Gasteiger partial charge in [-0.3, -0.25) is 4.57 Å². The molecule has 9 aromatic carbocycles. The van der Waals surface area contributed by atoms with E-state index in [9.17, 15) is 0 Å². The Morgan fingerprint density at radius 2 is 1.17 bits per heavy atom. The maximum Gasteiger partial charge on any atom is 0.111 e. The van der Waals surface area contributed by atoms with Crippen LogP contribution in [0.25, 0.3) is 98.1 Å². The summed E-state index contributed by atoms with van der Waals surface area (Å²) in [6, 6.07) is 65.7. The van der Waals surface area contributed by atoms with E-state index in [4.69, 9.17) is 4.99 Å². The third kappa shape index (κ3) is 4.60. The van der Waals surface area contributed by atoms with Gasteiger partial charge in [-0.25, -0.2) is 4.99 Å². The molecule has 3 nitrogen and oxygen atoms in total. The highest BCUT2D eigenvalue weighted by Crippen LogP contribution is 2.47. The van der Waals surface area contributed by atoms with E-state index in [1.54, 1.807) is 0 Å². The van der Waals surface area contributed by atoms with Crippen molar-refractivity contribution >= 4 is 98.5 Å². The van der Waals surface area contributed by atoms with Gasteiger partial charge in [-0.2, -0.15) is 0 Å². The van der Waals surface area contributed by atoms with Gasteiger partial charge in [0.15, 0.2) is 0 Å². The molecule has 0 aliphatic carbocycles. The molecule has 0 radical (unpaired) electrons. The van der Waals surface area contributed by atoms with Crippen molar-refractivity contribution in [3.63, 3.8) is 0 Å². The Morgan fingerprint density at radius 1 is 0.483 bits per heavy atom. The largest absolute Gasteiger partial charge is 0.308 e. The molecule has 0 aliphatic heterocycles. The molecule has 3 aromatic heterocycles. The fourth-order valence-corrected chi connectivity index (χ4v) is 9.70. The normalized spacial score (nSPS) is 12.3. The lowest BCUT2D eigenvalue weighted by molar-refractivity contribution is 1.24. The van der Waals surface area contributed by atoms with Crippen molar-refractivity contribution in [2.75, 3.05) is 0 Å². The molecule has 3 heteroatoms. The van der Waals surface area contributed by atoms with Crippen LogP contribution in [0.5, 0.6) is 0 Å². The van der Waals surface area contributed by atoms with E-state index >= 15 is 0 Å². The smallest absolute Gasteiger partial charge is 0.111 e. The quantitative estimate of drug-likeness (QED) is 0.0743. The predicted octanol–water partition coefficient (Wildman–Crippen LogP) is 14.7. The molecule has 0 spiro atoms. The van der Waals surface area contributed by atoms with Gasteiger partial charge in [0.25, 0.3) is 0 Å². The summed E-state index contributed by atoms with van der Waals surface area (Å²) in [5.74, 6) is 0.884. The van der Waals surface area contributed by atoms with Crippen LogP contribution in [0.15, 0.2) is 199 Å². The summed E-state index contributed by atoms with van der Waals surface area (Å²) in [6.07, 6.45) is 0. The fraction of sp³-hybridized carbons (Fsp3) is 0.0182. The Kier molecular flexibility index (Phi) is 6.95. The van der Waals surface area contributed by atoms with Crippen LogP contribution < -0.4 is 0 Å². The number of aliphatic imine (C=N–C) groups is 1. The number of para-hydroxylation sites is 3. The number of fused-ring (bicyclic) bond motifs is 13. The maximum absolute atomic E-state index is 5.51. The third-order valence-corrected chi connectivity index (χ3v) is 12.2. The molecule has 0 fully saturated rings. The van der Waals surface area contributed by atoms with E-state index in [0.29, 0.717) is 0 Å². The minimum absolute atomic E-state index is 0.869. The van der Waals surface area contributed by atoms with Gasteiger partial charge >= 0.3 is 0 Å². The second kappa shape index (κ2) is 12.4. The Labute approximate surface area is 334 Å². The highest BCUT2D eigenvalue weighted by molar-refractivity contribution is 6.36. The lowest BCUT2D eigenvalue weighted by Gasteiger charge is -2.13. The molecule has 3 heterocycles. The minimum Gasteiger partial charge on any atom is -0.308 e. The van der Waals surface area contributed by atoms with Crippen LogP contribution >= 0.6 is 0 Å². The molecule has 270 valence electrons. The standard InChI is InChI=1S/C55H35N3/c1-3-40(38-27-29-42-39(31-38)26-25-36-17-7-8-18-41(36)42)43-19-9-12-22-48(43)56-34(2)57-51-30-28-37(35-15-5-4-6-16-35)32-47(51)53-52(57)33-46-44-20-10-13-23-49(44)58-50-24-14-11-21-45(50)54(53)55(46)58/h4-33H,1H2,2H3. The maximum atomic E-state index is 5.51. The van der Waals surface area contributed by atoms with Crippen LogP contribution in [0.4, 0.5) is 5.69 Å². The average Bonchev–Trinajstić information content (AvgIpc) is 3.91. The molecule has 58 heavy (non-hydrogen) atoms. The molecule has 0 saturated carbocycles. The highest BCUT2D eigenvalue weighted by atomic mass is 15.1.